The number of phenols is 5. The summed E-state index contributed by atoms with van der Waals surface area (Å²) in [5.41, 5.74) is 3.04. The smallest absolute Gasteiger partial charge is 0.347 e. The van der Waals surface area contributed by atoms with E-state index in [4.69, 9.17) is 152 Å². The van der Waals surface area contributed by atoms with Crippen molar-refractivity contribution in [2.45, 2.75) is 48.0 Å². The van der Waals surface area contributed by atoms with Gasteiger partial charge < -0.3 is 46.3 Å². The molecule has 644 valence electrons. The number of halogens is 12. The first-order valence-corrected chi connectivity index (χ1v) is 41.2. The molecule has 9 aromatic carbocycles. The number of fused-ring (bicyclic) bond motifs is 1. The Balaban J connectivity index is 0.000000197. The lowest BCUT2D eigenvalue weighted by atomic mass is 9.87. The van der Waals surface area contributed by atoms with Crippen LogP contribution in [0.25, 0.3) is 15.3 Å². The first-order valence-electron chi connectivity index (χ1n) is 35.9. The number of nitriles is 2. The highest BCUT2D eigenvalue weighted by Gasteiger charge is 2.33. The monoisotopic (exact) mass is 1960 g/mol. The van der Waals surface area contributed by atoms with E-state index in [0.717, 1.165) is 23.3 Å². The molecule has 0 radical (unpaired) electrons. The Morgan fingerprint density at radius 1 is 0.583 bits per heavy atom. The van der Waals surface area contributed by atoms with Gasteiger partial charge in [0.05, 0.1) is 113 Å². The number of nitrogens with one attached hydrogen (secondary N) is 3. The third kappa shape index (κ3) is 26.7. The van der Waals surface area contributed by atoms with Gasteiger partial charge in [-0.05, 0) is 103 Å². The molecule has 0 bridgehead atoms. The molecule has 0 spiro atoms. The van der Waals surface area contributed by atoms with Crippen molar-refractivity contribution in [2.24, 2.45) is 40.4 Å². The number of ketones is 2. The number of aryl methyl sites for hydroxylation is 1. The Bertz CT molecular complexity index is 6450. The van der Waals surface area contributed by atoms with Crippen molar-refractivity contribution in [1.82, 2.24) is 15.6 Å². The summed E-state index contributed by atoms with van der Waals surface area (Å²) < 4.78 is 0. The van der Waals surface area contributed by atoms with Crippen LogP contribution >= 0.6 is 151 Å². The lowest BCUT2D eigenvalue weighted by molar-refractivity contribution is -0.380. The SMILES string of the molecule is CC(=O)NC1=NC(c2ccccc2)=NC1=Nc1cc(Cl)c(O)c(Cl)c1.CC(C)(C)C(=O)C(=Nc1cc(Cl)c(O)c(Cl)c1)C(=O)Nc1cc(Cl)ccc1Cl.CCCNC(=O)C1=CC(=Nc2cc(Cl)c(O)c(Cl)c2)c2ccccc2C1=O.Cc1nc(C(C#N)=Nc2cc(Cl)c(O)c(Cl)c2)sc1[N+](=O)[O-].[C-]#[N+]C(=Nc1cc(Cl)c(O)c(Cl)c1)/C(=C(/C#N)[N+]#[C-])c1ccccc1. The number of thiazole rings is 1. The highest BCUT2D eigenvalue weighted by molar-refractivity contribution is 7.17. The van der Waals surface area contributed by atoms with Crippen molar-refractivity contribution in [2.75, 3.05) is 11.9 Å². The maximum Gasteiger partial charge on any atom is 0.347 e. The molecule has 10 aromatic rings. The molecule has 8 N–H and O–H groups in total. The molecular weight excluding hydrogens is 1910 g/mol. The van der Waals surface area contributed by atoms with Gasteiger partial charge in [0.2, 0.25) is 5.91 Å². The van der Waals surface area contributed by atoms with E-state index >= 15 is 0 Å². The second kappa shape index (κ2) is 45.5. The standard InChI is InChI=1S/C20H16Cl2N2O3.C19H16Cl4N2O3.C18H8Cl2N4O.C17H12Cl2N4O2.C12H6Cl2N4O3S/c1-2-7-23-20(27)14-10-17(12-5-3-4-6-13(12)18(14)25)24-11-8-15(21)19(26)16(22)9-11;1-19(2,3)17(27)15(24-10-7-12(22)16(26)13(23)8-10)18(28)25-14-6-9(20)4-5-11(14)21;1-22-15(10-21)16(11-6-4-3-5-7-11)18(23-2)24-12-8-13(19)17(25)14(20)9-12;1-9(24)20-16-17(21-11-7-12(18)14(25)13(19)8-11)23-15(22-16)10-5-3-2-4-6-10;1-5-12(18(20)21)22-11(16-5)9(4-15)17-6-2-7(13)10(19)8(14)3-6/h3-6,8-10,26H,2,7H2,1H3,(H,23,27);4-8,26H,1-3H3,(H,25,28);3-9,25H;2-8,25H,1H3,(H,20,21,22,23,24);2-3,19H,1H3/b;;16-15-,24-18?;;. The number of anilines is 1. The average Bonchev–Trinajstić information content (AvgIpc) is 1.42. The zero-order valence-electron chi connectivity index (χ0n) is 65.9. The summed E-state index contributed by atoms with van der Waals surface area (Å²) in [6.07, 6.45) is 2.22. The number of aliphatic imine (C=N–C) groups is 7. The number of benzene rings is 9. The second-order valence-electron chi connectivity index (χ2n) is 26.6. The molecule has 2 heterocycles. The molecule has 0 unspecified atom stereocenters. The summed E-state index contributed by atoms with van der Waals surface area (Å²) in [6, 6.07) is 46.6. The number of phenolic OH excluding ortho intramolecular Hbond substituents is 5. The summed E-state index contributed by atoms with van der Waals surface area (Å²) >= 11 is 71.6. The Hall–Kier alpha value is -12.6. The molecule has 0 saturated heterocycles. The van der Waals surface area contributed by atoms with Gasteiger partial charge in [-0.15, -0.1) is 4.99 Å². The highest BCUT2D eigenvalue weighted by atomic mass is 35.5. The molecule has 0 fully saturated rings. The van der Waals surface area contributed by atoms with E-state index in [9.17, 15) is 70.1 Å². The van der Waals surface area contributed by atoms with Crippen LogP contribution in [0, 0.1) is 58.3 Å². The predicted molar refractivity (Wildman–Crippen MR) is 502 cm³/mol. The number of amidine groups is 4. The van der Waals surface area contributed by atoms with Crippen LogP contribution < -0.4 is 16.0 Å². The molecule has 12 rings (SSSR count). The van der Waals surface area contributed by atoms with Crippen molar-refractivity contribution in [3.8, 4) is 40.9 Å². The topological polar surface area (TPSA) is 421 Å². The van der Waals surface area contributed by atoms with Crippen molar-refractivity contribution in [3.05, 3.63) is 307 Å². The van der Waals surface area contributed by atoms with Crippen molar-refractivity contribution >= 4 is 265 Å². The molecular formula is C86H58Cl12N16O12S. The van der Waals surface area contributed by atoms with Gasteiger partial charge in [0.15, 0.2) is 79.9 Å². The minimum Gasteiger partial charge on any atom is -0.505 e. The van der Waals surface area contributed by atoms with E-state index in [-0.39, 0.29) is 180 Å². The highest BCUT2D eigenvalue weighted by Crippen LogP contribution is 2.43. The number of Topliss-reactive ketones (excluding diaryl/α,β-unsaturated/α-hetero) is 2. The summed E-state index contributed by atoms with van der Waals surface area (Å²) in [7, 11) is 0. The number of hydrogen-bond acceptors (Lipinski definition) is 22. The van der Waals surface area contributed by atoms with E-state index in [2.05, 4.69) is 65.6 Å². The Kier molecular flexibility index (Phi) is 35.8. The van der Waals surface area contributed by atoms with Gasteiger partial charge in [0.1, 0.15) is 11.8 Å². The van der Waals surface area contributed by atoms with Gasteiger partial charge in [-0.2, -0.15) is 5.26 Å². The Labute approximate surface area is 787 Å². The molecule has 3 amide bonds. The number of aromatic hydroxyl groups is 5. The number of nitrogens with zero attached hydrogens (tertiary/aromatic N) is 13. The fraction of sp³-hybridized carbons (Fsp3) is 0.105. The third-order valence-electron chi connectivity index (χ3n) is 16.3. The van der Waals surface area contributed by atoms with Crippen LogP contribution in [0.1, 0.15) is 78.8 Å². The fourth-order valence-electron chi connectivity index (χ4n) is 10.4. The average molecular weight is 1970 g/mol. The Morgan fingerprint density at radius 3 is 1.50 bits per heavy atom. The van der Waals surface area contributed by atoms with Gasteiger partial charge in [-0.1, -0.05) is 258 Å². The van der Waals surface area contributed by atoms with E-state index in [0.29, 0.717) is 51.2 Å². The van der Waals surface area contributed by atoms with Gasteiger partial charge in [0.25, 0.3) is 23.3 Å². The molecule has 127 heavy (non-hydrogen) atoms. The number of nitro groups is 1. The zero-order valence-corrected chi connectivity index (χ0v) is 75.8. The molecule has 0 atom stereocenters. The van der Waals surface area contributed by atoms with Gasteiger partial charge in [0, 0.05) is 58.3 Å². The molecule has 41 heteroatoms. The minimum atomic E-state index is -0.890. The lowest BCUT2D eigenvalue weighted by Gasteiger charge is -2.18. The first-order chi connectivity index (χ1) is 60.1. The number of rotatable bonds is 16. The van der Waals surface area contributed by atoms with Crippen LogP contribution in [0.2, 0.25) is 60.3 Å². The van der Waals surface area contributed by atoms with Crippen LogP contribution in [0.3, 0.4) is 0 Å². The Morgan fingerprint density at radius 2 is 1.05 bits per heavy atom. The number of allylic oxidation sites excluding steroid dienone is 2. The van der Waals surface area contributed by atoms with Crippen LogP contribution in [0.15, 0.2) is 216 Å². The summed E-state index contributed by atoms with van der Waals surface area (Å²) in [5.74, 6) is -2.99. The number of aromatic nitrogens is 1. The van der Waals surface area contributed by atoms with E-state index < -0.39 is 27.9 Å². The summed E-state index contributed by atoms with van der Waals surface area (Å²) in [4.78, 5) is 113. The fourth-order valence-corrected chi connectivity index (χ4v) is 13.9. The number of carbonyl (C=O) groups excluding carboxylic acids is 5. The molecule has 1 aromatic heterocycles. The normalized spacial score (nSPS) is 13.0. The van der Waals surface area contributed by atoms with Crippen LogP contribution in [-0.2, 0) is 19.2 Å². The summed E-state index contributed by atoms with van der Waals surface area (Å²) in [5, 5.41) is 85.8. The number of hydrogen-bond donors (Lipinski definition) is 8. The molecule has 1 aliphatic carbocycles. The zero-order chi connectivity index (χ0) is 93.6. The van der Waals surface area contributed by atoms with Gasteiger partial charge in [-0.25, -0.2) is 45.0 Å². The van der Waals surface area contributed by atoms with Crippen LogP contribution in [0.5, 0.6) is 28.7 Å². The lowest BCUT2D eigenvalue weighted by Crippen LogP contribution is -2.37. The molecule has 1 aliphatic heterocycles. The van der Waals surface area contributed by atoms with Crippen LogP contribution in [0.4, 0.5) is 39.1 Å². The molecule has 28 nitrogen and oxygen atoms in total. The van der Waals surface area contributed by atoms with Gasteiger partial charge >= 0.3 is 5.00 Å². The van der Waals surface area contributed by atoms with E-state index in [1.807, 2.05) is 43.3 Å². The summed E-state index contributed by atoms with van der Waals surface area (Å²) in [6.45, 7) is 24.8. The van der Waals surface area contributed by atoms with Crippen molar-refractivity contribution < 1.29 is 54.4 Å². The second-order valence-corrected chi connectivity index (χ2v) is 32.5. The van der Waals surface area contributed by atoms with Crippen molar-refractivity contribution in [3.63, 3.8) is 0 Å². The van der Waals surface area contributed by atoms with E-state index in [1.165, 1.54) is 92.7 Å². The largest absolute Gasteiger partial charge is 0.505 e. The maximum absolute atomic E-state index is 12.8. The molecule has 0 saturated carbocycles. The predicted octanol–water partition coefficient (Wildman–Crippen LogP) is 24.0. The quantitative estimate of drug-likeness (QED) is 0.00651. The van der Waals surface area contributed by atoms with E-state index in [1.54, 1.807) is 87.5 Å². The number of carbonyl (C=O) groups is 5. The van der Waals surface area contributed by atoms with Crippen molar-refractivity contribution in [1.29, 1.82) is 10.5 Å². The maximum atomic E-state index is 12.8. The number of amides is 3. The first kappa shape index (κ1) is 99.8. The van der Waals surface area contributed by atoms with Gasteiger partial charge in [-0.3, -0.25) is 34.1 Å². The molecule has 2 aliphatic rings. The third-order valence-corrected chi connectivity index (χ3v) is 20.9. The minimum absolute atomic E-state index is 0.0218. The van der Waals surface area contributed by atoms with Crippen LogP contribution in [-0.4, -0.2) is 112 Å².